The third kappa shape index (κ3) is 1.67. The van der Waals surface area contributed by atoms with Gasteiger partial charge in [0.05, 0.1) is 0 Å². The van der Waals surface area contributed by atoms with E-state index in [1.54, 1.807) is 0 Å². The summed E-state index contributed by atoms with van der Waals surface area (Å²) < 4.78 is 0. The molecule has 0 unspecified atom stereocenters. The Bertz CT molecular complexity index is 484. The average molecular weight is 201 g/mol. The van der Waals surface area contributed by atoms with E-state index in [-0.39, 0.29) is 5.92 Å². The van der Waals surface area contributed by atoms with Crippen LogP contribution in [0.25, 0.3) is 10.9 Å². The molecule has 0 aliphatic carbocycles. The number of hydrogen-bond acceptors (Lipinski definition) is 1. The maximum Gasteiger partial charge on any atom is 0.120 e. The molecule has 0 aliphatic heterocycles. The molecule has 2 nitrogen and oxygen atoms in total. The minimum atomic E-state index is 0.289. The number of aryl methyl sites for hydroxylation is 1. The molecule has 0 bridgehead atoms. The Kier molecular flexibility index (Phi) is 2.58. The molecule has 2 heteroatoms. The van der Waals surface area contributed by atoms with Gasteiger partial charge in [-0.2, -0.15) is 0 Å². The van der Waals surface area contributed by atoms with Crippen molar-refractivity contribution in [3.05, 3.63) is 35.5 Å². The molecule has 2 aromatic rings. The summed E-state index contributed by atoms with van der Waals surface area (Å²) in [6.07, 6.45) is 3.59. The highest BCUT2D eigenvalue weighted by Gasteiger charge is 2.11. The highest BCUT2D eigenvalue weighted by atomic mass is 16.1. The van der Waals surface area contributed by atoms with Gasteiger partial charge in [0.15, 0.2) is 0 Å². The van der Waals surface area contributed by atoms with Gasteiger partial charge in [-0.25, -0.2) is 0 Å². The first-order valence-corrected chi connectivity index (χ1v) is 5.24. The minimum Gasteiger partial charge on any atom is -0.361 e. The van der Waals surface area contributed by atoms with Gasteiger partial charge in [-0.1, -0.05) is 19.1 Å². The van der Waals surface area contributed by atoms with Crippen LogP contribution >= 0.6 is 0 Å². The number of benzene rings is 1. The first kappa shape index (κ1) is 9.97. The van der Waals surface area contributed by atoms with Gasteiger partial charge in [-0.05, 0) is 30.0 Å². The molecule has 0 radical (unpaired) electrons. The topological polar surface area (TPSA) is 32.9 Å². The summed E-state index contributed by atoms with van der Waals surface area (Å²) in [5, 5.41) is 1.27. The number of fused-ring (bicyclic) bond motifs is 1. The molecule has 0 fully saturated rings. The number of nitrogens with one attached hydrogen (secondary N) is 1. The maximum absolute atomic E-state index is 10.5. The Labute approximate surface area is 89.3 Å². The van der Waals surface area contributed by atoms with Crippen LogP contribution in [0.2, 0.25) is 0 Å². The predicted molar refractivity (Wildman–Crippen MR) is 62.1 cm³/mol. The van der Waals surface area contributed by atoms with Gasteiger partial charge in [0.25, 0.3) is 0 Å². The second-order valence-electron chi connectivity index (χ2n) is 4.04. The molecular weight excluding hydrogens is 186 g/mol. The van der Waals surface area contributed by atoms with Crippen LogP contribution in [0.15, 0.2) is 24.4 Å². The standard InChI is InChI=1S/C13H15NO/c1-9(6-7-15)11-8-14-12-5-3-4-10(2)13(11)12/h3-5,7-9,14H,6H2,1-2H3/t9-/m1/s1. The van der Waals surface area contributed by atoms with E-state index in [4.69, 9.17) is 0 Å². The lowest BCUT2D eigenvalue weighted by Crippen LogP contribution is -1.93. The molecule has 78 valence electrons. The lowest BCUT2D eigenvalue weighted by Gasteiger charge is -2.07. The summed E-state index contributed by atoms with van der Waals surface area (Å²) in [6.45, 7) is 4.19. The number of rotatable bonds is 3. The van der Waals surface area contributed by atoms with Crippen molar-refractivity contribution in [2.24, 2.45) is 0 Å². The number of carbonyl (C=O) groups excluding carboxylic acids is 1. The molecule has 0 saturated heterocycles. The van der Waals surface area contributed by atoms with E-state index in [1.807, 2.05) is 12.3 Å². The Balaban J connectivity index is 2.56. The molecule has 1 aromatic heterocycles. The van der Waals surface area contributed by atoms with Crippen molar-refractivity contribution < 1.29 is 4.79 Å². The van der Waals surface area contributed by atoms with E-state index in [9.17, 15) is 4.79 Å². The van der Waals surface area contributed by atoms with Gasteiger partial charge >= 0.3 is 0 Å². The highest BCUT2D eigenvalue weighted by molar-refractivity contribution is 5.87. The Hall–Kier alpha value is -1.57. The molecule has 0 saturated carbocycles. The van der Waals surface area contributed by atoms with E-state index in [1.165, 1.54) is 16.5 Å². The van der Waals surface area contributed by atoms with E-state index in [2.05, 4.69) is 31.0 Å². The van der Waals surface area contributed by atoms with Crippen LogP contribution in [-0.4, -0.2) is 11.3 Å². The first-order valence-electron chi connectivity index (χ1n) is 5.24. The summed E-state index contributed by atoms with van der Waals surface area (Å²) in [4.78, 5) is 13.8. The van der Waals surface area contributed by atoms with Gasteiger partial charge in [0.2, 0.25) is 0 Å². The van der Waals surface area contributed by atoms with Gasteiger partial charge in [0.1, 0.15) is 6.29 Å². The normalized spacial score (nSPS) is 12.9. The molecule has 2 rings (SSSR count). The van der Waals surface area contributed by atoms with Crippen LogP contribution in [0, 0.1) is 6.92 Å². The van der Waals surface area contributed by atoms with E-state index in [0.717, 1.165) is 11.8 Å². The van der Waals surface area contributed by atoms with Crippen molar-refractivity contribution in [3.8, 4) is 0 Å². The van der Waals surface area contributed by atoms with Crippen LogP contribution in [0.1, 0.15) is 30.4 Å². The summed E-state index contributed by atoms with van der Waals surface area (Å²) in [7, 11) is 0. The van der Waals surface area contributed by atoms with Gasteiger partial charge in [-0.15, -0.1) is 0 Å². The summed E-state index contributed by atoms with van der Waals surface area (Å²) in [6, 6.07) is 6.22. The van der Waals surface area contributed by atoms with E-state index >= 15 is 0 Å². The lowest BCUT2D eigenvalue weighted by atomic mass is 9.96. The van der Waals surface area contributed by atoms with Crippen molar-refractivity contribution in [3.63, 3.8) is 0 Å². The molecule has 15 heavy (non-hydrogen) atoms. The zero-order chi connectivity index (χ0) is 10.8. The fourth-order valence-corrected chi connectivity index (χ4v) is 2.06. The summed E-state index contributed by atoms with van der Waals surface area (Å²) >= 11 is 0. The molecule has 1 heterocycles. The van der Waals surface area contributed by atoms with Crippen molar-refractivity contribution in [2.75, 3.05) is 0 Å². The second-order valence-corrected chi connectivity index (χ2v) is 4.04. The highest BCUT2D eigenvalue weighted by Crippen LogP contribution is 2.29. The van der Waals surface area contributed by atoms with Crippen molar-refractivity contribution in [2.45, 2.75) is 26.2 Å². The van der Waals surface area contributed by atoms with Crippen molar-refractivity contribution in [1.82, 2.24) is 4.98 Å². The zero-order valence-electron chi connectivity index (χ0n) is 9.08. The molecular formula is C13H15NO. The number of carbonyl (C=O) groups is 1. The molecule has 1 N–H and O–H groups in total. The summed E-state index contributed by atoms with van der Waals surface area (Å²) in [5.41, 5.74) is 3.67. The van der Waals surface area contributed by atoms with Crippen LogP contribution in [-0.2, 0) is 4.79 Å². The average Bonchev–Trinajstić information content (AvgIpc) is 2.63. The number of aromatic amines is 1. The molecule has 1 aromatic carbocycles. The molecule has 0 spiro atoms. The Morgan fingerprint density at radius 2 is 2.27 bits per heavy atom. The third-order valence-corrected chi connectivity index (χ3v) is 2.93. The van der Waals surface area contributed by atoms with Crippen LogP contribution in [0.5, 0.6) is 0 Å². The monoisotopic (exact) mass is 201 g/mol. The fourth-order valence-electron chi connectivity index (χ4n) is 2.06. The Morgan fingerprint density at radius 3 is 3.00 bits per heavy atom. The lowest BCUT2D eigenvalue weighted by molar-refractivity contribution is -0.108. The van der Waals surface area contributed by atoms with Crippen LogP contribution in [0.3, 0.4) is 0 Å². The maximum atomic E-state index is 10.5. The van der Waals surface area contributed by atoms with Crippen molar-refractivity contribution in [1.29, 1.82) is 0 Å². The number of H-pyrrole nitrogens is 1. The smallest absolute Gasteiger partial charge is 0.120 e. The predicted octanol–water partition coefficient (Wildman–Crippen LogP) is 3.17. The van der Waals surface area contributed by atoms with Crippen LogP contribution in [0.4, 0.5) is 0 Å². The van der Waals surface area contributed by atoms with E-state index < -0.39 is 0 Å². The SMILES string of the molecule is Cc1cccc2[nH]cc([C@H](C)CC=O)c12. The second kappa shape index (κ2) is 3.89. The number of aromatic nitrogens is 1. The van der Waals surface area contributed by atoms with E-state index in [0.29, 0.717) is 6.42 Å². The molecule has 1 atom stereocenters. The van der Waals surface area contributed by atoms with Gasteiger partial charge in [-0.3, -0.25) is 0 Å². The molecule has 0 amide bonds. The first-order chi connectivity index (χ1) is 7.24. The van der Waals surface area contributed by atoms with Gasteiger partial charge < -0.3 is 9.78 Å². The number of hydrogen-bond donors (Lipinski definition) is 1. The molecule has 0 aliphatic rings. The minimum absolute atomic E-state index is 0.289. The number of aldehydes is 1. The fraction of sp³-hybridized carbons (Fsp3) is 0.308. The quantitative estimate of drug-likeness (QED) is 0.760. The largest absolute Gasteiger partial charge is 0.361 e. The van der Waals surface area contributed by atoms with Crippen molar-refractivity contribution >= 4 is 17.2 Å². The van der Waals surface area contributed by atoms with Gasteiger partial charge in [0, 0.05) is 23.5 Å². The summed E-state index contributed by atoms with van der Waals surface area (Å²) in [5.74, 6) is 0.289. The Morgan fingerprint density at radius 1 is 1.47 bits per heavy atom. The zero-order valence-corrected chi connectivity index (χ0v) is 9.08. The van der Waals surface area contributed by atoms with Crippen LogP contribution < -0.4 is 0 Å². The third-order valence-electron chi connectivity index (χ3n) is 2.93.